The summed E-state index contributed by atoms with van der Waals surface area (Å²) in [6, 6.07) is 0. The second kappa shape index (κ2) is 30.2. The standard InChI is InChI=1S/C40H80/c1-8-13-31-38(33-27-26-29-36(6)10-3)32-25-23-21-19-17-15-14-16-18-20-22-24-30-37(7)34-35-40(28-9-2)39(11-4)12-5/h29,37-40H,8-28,30-35H2,1-7H3. The summed E-state index contributed by atoms with van der Waals surface area (Å²) < 4.78 is 0. The van der Waals surface area contributed by atoms with Crippen molar-refractivity contribution in [3.8, 4) is 0 Å². The SMILES string of the molecule is CCCCC(CCCC=C(C)CC)CCCCCCCCCCCCCCC(C)CCC(CCC)C(CC)CC. The zero-order chi connectivity index (χ0) is 29.7. The quantitative estimate of drug-likeness (QED) is 0.0584. The van der Waals surface area contributed by atoms with E-state index in [-0.39, 0.29) is 0 Å². The van der Waals surface area contributed by atoms with Crippen molar-refractivity contribution in [2.24, 2.45) is 23.7 Å². The molecule has 0 bridgehead atoms. The Bertz CT molecular complexity index is 512. The van der Waals surface area contributed by atoms with Gasteiger partial charge >= 0.3 is 0 Å². The van der Waals surface area contributed by atoms with E-state index < -0.39 is 0 Å². The maximum absolute atomic E-state index is 2.52. The molecule has 0 aliphatic carbocycles. The largest absolute Gasteiger partial charge is 0.0856 e. The molecule has 0 aliphatic rings. The fraction of sp³-hybridized carbons (Fsp3) is 0.950. The molecular formula is C40H80. The topological polar surface area (TPSA) is 0 Å². The second-order valence-electron chi connectivity index (χ2n) is 14.0. The molecule has 0 spiro atoms. The smallest absolute Gasteiger partial charge is 0.0348 e. The summed E-state index contributed by atoms with van der Waals surface area (Å²) in [5.74, 6) is 3.89. The lowest BCUT2D eigenvalue weighted by Gasteiger charge is -2.26. The fourth-order valence-electron chi connectivity index (χ4n) is 7.10. The van der Waals surface area contributed by atoms with Gasteiger partial charge in [-0.25, -0.2) is 0 Å². The van der Waals surface area contributed by atoms with Crippen molar-refractivity contribution in [3.05, 3.63) is 11.6 Å². The van der Waals surface area contributed by atoms with Crippen LogP contribution in [0.2, 0.25) is 0 Å². The van der Waals surface area contributed by atoms with E-state index in [2.05, 4.69) is 54.5 Å². The molecule has 3 atom stereocenters. The summed E-state index contributed by atoms with van der Waals surface area (Å²) >= 11 is 0. The number of unbranched alkanes of at least 4 members (excludes halogenated alkanes) is 13. The maximum atomic E-state index is 2.52. The van der Waals surface area contributed by atoms with Crippen LogP contribution in [0.1, 0.15) is 222 Å². The van der Waals surface area contributed by atoms with Crippen molar-refractivity contribution in [1.29, 1.82) is 0 Å². The average Bonchev–Trinajstić information content (AvgIpc) is 2.96. The minimum atomic E-state index is 0.938. The van der Waals surface area contributed by atoms with Crippen LogP contribution in [0.15, 0.2) is 11.6 Å². The lowest BCUT2D eigenvalue weighted by Crippen LogP contribution is -2.14. The highest BCUT2D eigenvalue weighted by Gasteiger charge is 2.18. The molecule has 0 radical (unpaired) electrons. The Balaban J connectivity index is 3.65. The van der Waals surface area contributed by atoms with E-state index in [1.807, 2.05) is 0 Å². The third-order valence-corrected chi connectivity index (χ3v) is 10.3. The molecule has 3 unspecified atom stereocenters. The van der Waals surface area contributed by atoms with E-state index in [9.17, 15) is 0 Å². The predicted octanol–water partition coefficient (Wildman–Crippen LogP) is 15.0. The van der Waals surface area contributed by atoms with Gasteiger partial charge in [-0.05, 0) is 56.3 Å². The highest BCUT2D eigenvalue weighted by Crippen LogP contribution is 2.30. The summed E-state index contributed by atoms with van der Waals surface area (Å²) in [6.07, 6.45) is 41.4. The van der Waals surface area contributed by atoms with Crippen molar-refractivity contribution in [1.82, 2.24) is 0 Å². The highest BCUT2D eigenvalue weighted by molar-refractivity contribution is 4.96. The van der Waals surface area contributed by atoms with Gasteiger partial charge in [-0.15, -0.1) is 0 Å². The minimum Gasteiger partial charge on any atom is -0.0856 e. The van der Waals surface area contributed by atoms with Crippen LogP contribution in [-0.4, -0.2) is 0 Å². The molecule has 0 aromatic carbocycles. The van der Waals surface area contributed by atoms with Crippen molar-refractivity contribution >= 4 is 0 Å². The monoisotopic (exact) mass is 561 g/mol. The third-order valence-electron chi connectivity index (χ3n) is 10.3. The van der Waals surface area contributed by atoms with E-state index in [1.165, 1.54) is 173 Å². The van der Waals surface area contributed by atoms with Gasteiger partial charge in [0.15, 0.2) is 0 Å². The predicted molar refractivity (Wildman–Crippen MR) is 186 cm³/mol. The van der Waals surface area contributed by atoms with Gasteiger partial charge in [0.25, 0.3) is 0 Å². The molecule has 0 aliphatic heterocycles. The van der Waals surface area contributed by atoms with Gasteiger partial charge < -0.3 is 0 Å². The van der Waals surface area contributed by atoms with Crippen LogP contribution in [-0.2, 0) is 0 Å². The Labute approximate surface area is 256 Å². The maximum Gasteiger partial charge on any atom is -0.0348 e. The minimum absolute atomic E-state index is 0.938. The molecule has 0 aromatic rings. The molecular weight excluding hydrogens is 480 g/mol. The van der Waals surface area contributed by atoms with Gasteiger partial charge in [0, 0.05) is 0 Å². The zero-order valence-corrected chi connectivity index (χ0v) is 29.5. The van der Waals surface area contributed by atoms with Gasteiger partial charge in [-0.3, -0.25) is 0 Å². The number of hydrogen-bond donors (Lipinski definition) is 0. The van der Waals surface area contributed by atoms with Crippen LogP contribution < -0.4 is 0 Å². The van der Waals surface area contributed by atoms with E-state index in [0.29, 0.717) is 0 Å². The number of rotatable bonds is 31. The lowest BCUT2D eigenvalue weighted by molar-refractivity contribution is 0.254. The Morgan fingerprint density at radius 3 is 1.48 bits per heavy atom. The summed E-state index contributed by atoms with van der Waals surface area (Å²) in [7, 11) is 0. The first-order chi connectivity index (χ1) is 19.5. The first-order valence-corrected chi connectivity index (χ1v) is 19.2. The highest BCUT2D eigenvalue weighted by atomic mass is 14.2. The number of allylic oxidation sites excluding steroid dienone is 2. The Morgan fingerprint density at radius 1 is 0.475 bits per heavy atom. The van der Waals surface area contributed by atoms with Gasteiger partial charge in [0.2, 0.25) is 0 Å². The average molecular weight is 561 g/mol. The summed E-state index contributed by atoms with van der Waals surface area (Å²) in [4.78, 5) is 0. The van der Waals surface area contributed by atoms with Gasteiger partial charge in [-0.2, -0.15) is 0 Å². The fourth-order valence-corrected chi connectivity index (χ4v) is 7.10. The first-order valence-electron chi connectivity index (χ1n) is 19.2. The summed E-state index contributed by atoms with van der Waals surface area (Å²) in [5.41, 5.74) is 1.57. The molecule has 0 heterocycles. The summed E-state index contributed by atoms with van der Waals surface area (Å²) in [5, 5.41) is 0. The first kappa shape index (κ1) is 39.7. The molecule has 0 rings (SSSR count). The van der Waals surface area contributed by atoms with Gasteiger partial charge in [0.05, 0.1) is 0 Å². The second-order valence-corrected chi connectivity index (χ2v) is 14.0. The van der Waals surface area contributed by atoms with Crippen LogP contribution in [0.5, 0.6) is 0 Å². The molecule has 0 aromatic heterocycles. The molecule has 0 saturated carbocycles. The molecule has 0 fully saturated rings. The Kier molecular flexibility index (Phi) is 30.0. The normalized spacial score (nSPS) is 14.7. The zero-order valence-electron chi connectivity index (χ0n) is 29.5. The van der Waals surface area contributed by atoms with Crippen LogP contribution in [0.4, 0.5) is 0 Å². The van der Waals surface area contributed by atoms with Crippen molar-refractivity contribution in [2.75, 3.05) is 0 Å². The molecule has 0 N–H and O–H groups in total. The molecule has 0 nitrogen and oxygen atoms in total. The molecule has 240 valence electrons. The molecule has 0 heteroatoms. The van der Waals surface area contributed by atoms with Gasteiger partial charge in [-0.1, -0.05) is 201 Å². The van der Waals surface area contributed by atoms with Crippen LogP contribution >= 0.6 is 0 Å². The molecule has 0 amide bonds. The van der Waals surface area contributed by atoms with E-state index >= 15 is 0 Å². The Hall–Kier alpha value is -0.260. The van der Waals surface area contributed by atoms with Crippen LogP contribution in [0.25, 0.3) is 0 Å². The van der Waals surface area contributed by atoms with Gasteiger partial charge in [0.1, 0.15) is 0 Å². The van der Waals surface area contributed by atoms with Crippen molar-refractivity contribution in [3.63, 3.8) is 0 Å². The Morgan fingerprint density at radius 2 is 0.975 bits per heavy atom. The van der Waals surface area contributed by atoms with Crippen molar-refractivity contribution < 1.29 is 0 Å². The molecule has 40 heavy (non-hydrogen) atoms. The third kappa shape index (κ3) is 24.3. The number of hydrogen-bond acceptors (Lipinski definition) is 0. The van der Waals surface area contributed by atoms with E-state index in [1.54, 1.807) is 5.57 Å². The summed E-state index contributed by atoms with van der Waals surface area (Å²) in [6.45, 7) is 16.6. The van der Waals surface area contributed by atoms with Crippen molar-refractivity contribution in [2.45, 2.75) is 222 Å². The van der Waals surface area contributed by atoms with Crippen LogP contribution in [0.3, 0.4) is 0 Å². The van der Waals surface area contributed by atoms with E-state index in [4.69, 9.17) is 0 Å². The van der Waals surface area contributed by atoms with Crippen LogP contribution in [0, 0.1) is 23.7 Å². The van der Waals surface area contributed by atoms with E-state index in [0.717, 1.165) is 23.7 Å². The lowest BCUT2D eigenvalue weighted by atomic mass is 9.80. The molecule has 0 saturated heterocycles.